The molecule has 3 N–H and O–H groups in total. The highest BCUT2D eigenvalue weighted by atomic mass is 16.5. The van der Waals surface area contributed by atoms with Crippen LogP contribution < -0.4 is 19.9 Å². The molecular formula is C20H18N4O4. The van der Waals surface area contributed by atoms with Gasteiger partial charge in [-0.25, -0.2) is 0 Å². The normalized spacial score (nSPS) is 15.5. The second-order valence-corrected chi connectivity index (χ2v) is 6.26. The van der Waals surface area contributed by atoms with Crippen LogP contribution in [-0.4, -0.2) is 17.3 Å². The van der Waals surface area contributed by atoms with Crippen molar-refractivity contribution in [1.29, 1.82) is 5.26 Å². The number of hydrogen-bond donors (Lipinski definition) is 2. The third-order valence-corrected chi connectivity index (χ3v) is 4.54. The maximum Gasteiger partial charge on any atom is 0.244 e. The van der Waals surface area contributed by atoms with Crippen molar-refractivity contribution in [2.24, 2.45) is 5.73 Å². The van der Waals surface area contributed by atoms with E-state index in [0.29, 0.717) is 23.1 Å². The van der Waals surface area contributed by atoms with Gasteiger partial charge in [0.2, 0.25) is 11.8 Å². The molecule has 0 saturated carbocycles. The minimum atomic E-state index is -0.484. The fourth-order valence-electron chi connectivity index (χ4n) is 3.14. The molecule has 1 aliphatic rings. The van der Waals surface area contributed by atoms with Gasteiger partial charge in [-0.2, -0.15) is 5.26 Å². The van der Waals surface area contributed by atoms with Crippen LogP contribution in [0.5, 0.6) is 17.4 Å². The fraction of sp³-hybridized carbons (Fsp3) is 0.200. The summed E-state index contributed by atoms with van der Waals surface area (Å²) in [7, 11) is 1.61. The second-order valence-electron chi connectivity index (χ2n) is 6.26. The maximum absolute atomic E-state index is 9.57. The minimum Gasteiger partial charge on any atom is -0.497 e. The first-order valence-electron chi connectivity index (χ1n) is 8.58. The summed E-state index contributed by atoms with van der Waals surface area (Å²) >= 11 is 0. The molecule has 0 amide bonds. The van der Waals surface area contributed by atoms with Gasteiger partial charge in [0.1, 0.15) is 41.3 Å². The third-order valence-electron chi connectivity index (χ3n) is 4.54. The second kappa shape index (κ2) is 7.04. The number of allylic oxidation sites excluding steroid dienone is 1. The third kappa shape index (κ3) is 3.03. The number of methoxy groups -OCH3 is 1. The Morgan fingerprint density at radius 3 is 2.68 bits per heavy atom. The number of furan rings is 1. The first-order valence-corrected chi connectivity index (χ1v) is 8.58. The van der Waals surface area contributed by atoms with Gasteiger partial charge >= 0.3 is 0 Å². The first kappa shape index (κ1) is 17.5. The summed E-state index contributed by atoms with van der Waals surface area (Å²) < 4.78 is 22.3. The van der Waals surface area contributed by atoms with E-state index in [9.17, 15) is 5.26 Å². The van der Waals surface area contributed by atoms with Gasteiger partial charge in [0.15, 0.2) is 0 Å². The van der Waals surface area contributed by atoms with Crippen molar-refractivity contribution in [3.05, 3.63) is 70.6 Å². The lowest BCUT2D eigenvalue weighted by atomic mass is 9.88. The van der Waals surface area contributed by atoms with E-state index in [1.54, 1.807) is 7.11 Å². The highest BCUT2D eigenvalue weighted by molar-refractivity contribution is 5.53. The SMILES string of the molecule is COc1ccc(OCc2ccc([C@@H]3C(C#N)=C(N)Oc4n[nH]c(C)c43)o2)cc1. The summed E-state index contributed by atoms with van der Waals surface area (Å²) in [4.78, 5) is 0. The number of aryl methyl sites for hydroxylation is 1. The number of nitrogens with one attached hydrogen (secondary N) is 1. The summed E-state index contributed by atoms with van der Waals surface area (Å²) in [5, 5.41) is 16.5. The number of aromatic nitrogens is 2. The standard InChI is InChI=1S/C20H18N4O4/c1-11-17-18(15(9-21)19(22)28-20(17)24-23-11)16-8-7-14(27-16)10-26-13-5-3-12(25-2)4-6-13/h3-8,18H,10,22H2,1-2H3,(H,23,24)/t18-/m0/s1. The Morgan fingerprint density at radius 1 is 1.21 bits per heavy atom. The lowest BCUT2D eigenvalue weighted by Gasteiger charge is -2.21. The van der Waals surface area contributed by atoms with E-state index in [0.717, 1.165) is 17.0 Å². The van der Waals surface area contributed by atoms with E-state index < -0.39 is 5.92 Å². The Bertz CT molecular complexity index is 1070. The summed E-state index contributed by atoms with van der Waals surface area (Å²) in [6.45, 7) is 2.10. The summed E-state index contributed by atoms with van der Waals surface area (Å²) in [6.07, 6.45) is 0. The van der Waals surface area contributed by atoms with Gasteiger partial charge in [-0.05, 0) is 43.3 Å². The average Bonchev–Trinajstić information content (AvgIpc) is 3.32. The fourth-order valence-corrected chi connectivity index (χ4v) is 3.14. The van der Waals surface area contributed by atoms with Crippen LogP contribution in [0.25, 0.3) is 0 Å². The van der Waals surface area contributed by atoms with Gasteiger partial charge in [-0.3, -0.25) is 5.10 Å². The van der Waals surface area contributed by atoms with Crippen LogP contribution in [0.15, 0.2) is 52.3 Å². The van der Waals surface area contributed by atoms with Crippen molar-refractivity contribution in [3.63, 3.8) is 0 Å². The van der Waals surface area contributed by atoms with Crippen molar-refractivity contribution in [2.75, 3.05) is 7.11 Å². The topological polar surface area (TPSA) is 119 Å². The number of benzene rings is 1. The molecule has 0 spiro atoms. The van der Waals surface area contributed by atoms with Crippen molar-refractivity contribution in [3.8, 4) is 23.4 Å². The molecule has 4 rings (SSSR count). The molecule has 2 aromatic heterocycles. The quantitative estimate of drug-likeness (QED) is 0.700. The van der Waals surface area contributed by atoms with Crippen molar-refractivity contribution >= 4 is 0 Å². The van der Waals surface area contributed by atoms with E-state index >= 15 is 0 Å². The Morgan fingerprint density at radius 2 is 1.96 bits per heavy atom. The van der Waals surface area contributed by atoms with Gasteiger partial charge in [0, 0.05) is 5.69 Å². The van der Waals surface area contributed by atoms with Gasteiger partial charge < -0.3 is 24.4 Å². The number of rotatable bonds is 5. The zero-order valence-corrected chi connectivity index (χ0v) is 15.4. The van der Waals surface area contributed by atoms with Crippen LogP contribution in [0.4, 0.5) is 0 Å². The van der Waals surface area contributed by atoms with Crippen LogP contribution in [0.3, 0.4) is 0 Å². The molecular weight excluding hydrogens is 360 g/mol. The van der Waals surface area contributed by atoms with E-state index in [1.807, 2.05) is 43.3 Å². The number of nitriles is 1. The summed E-state index contributed by atoms with van der Waals surface area (Å²) in [6, 6.07) is 13.0. The predicted octanol–water partition coefficient (Wildman–Crippen LogP) is 3.12. The number of aromatic amines is 1. The molecule has 0 radical (unpaired) electrons. The molecule has 1 atom stereocenters. The molecule has 3 aromatic rings. The number of hydrogen-bond acceptors (Lipinski definition) is 7. The molecule has 8 heteroatoms. The number of nitrogens with two attached hydrogens (primary N) is 1. The van der Waals surface area contributed by atoms with Crippen LogP contribution in [-0.2, 0) is 6.61 Å². The number of H-pyrrole nitrogens is 1. The molecule has 0 aliphatic carbocycles. The van der Waals surface area contributed by atoms with E-state index in [4.69, 9.17) is 24.4 Å². The maximum atomic E-state index is 9.57. The van der Waals surface area contributed by atoms with E-state index in [2.05, 4.69) is 16.3 Å². The predicted molar refractivity (Wildman–Crippen MR) is 98.7 cm³/mol. The zero-order chi connectivity index (χ0) is 19.7. The molecule has 0 saturated heterocycles. The lowest BCUT2D eigenvalue weighted by Crippen LogP contribution is -2.20. The Kier molecular flexibility index (Phi) is 4.41. The zero-order valence-electron chi connectivity index (χ0n) is 15.4. The molecule has 1 aromatic carbocycles. The number of nitrogens with zero attached hydrogens (tertiary/aromatic N) is 2. The van der Waals surface area contributed by atoms with E-state index in [-0.39, 0.29) is 18.1 Å². The Labute approximate surface area is 161 Å². The van der Waals surface area contributed by atoms with Crippen molar-refractivity contribution in [2.45, 2.75) is 19.4 Å². The van der Waals surface area contributed by atoms with Crippen LogP contribution in [0.1, 0.15) is 28.7 Å². The largest absolute Gasteiger partial charge is 0.497 e. The number of fused-ring (bicyclic) bond motifs is 1. The molecule has 3 heterocycles. The van der Waals surface area contributed by atoms with Gasteiger partial charge in [0.25, 0.3) is 0 Å². The minimum absolute atomic E-state index is 0.0268. The molecule has 28 heavy (non-hydrogen) atoms. The monoisotopic (exact) mass is 378 g/mol. The summed E-state index contributed by atoms with van der Waals surface area (Å²) in [5.41, 5.74) is 7.72. The molecule has 1 aliphatic heterocycles. The van der Waals surface area contributed by atoms with Gasteiger partial charge in [-0.15, -0.1) is 5.10 Å². The van der Waals surface area contributed by atoms with Crippen LogP contribution in [0, 0.1) is 18.3 Å². The summed E-state index contributed by atoms with van der Waals surface area (Å²) in [5.74, 6) is 2.54. The van der Waals surface area contributed by atoms with Crippen LogP contribution in [0.2, 0.25) is 0 Å². The molecule has 0 fully saturated rings. The van der Waals surface area contributed by atoms with Gasteiger partial charge in [0.05, 0.1) is 18.6 Å². The first-order chi connectivity index (χ1) is 13.6. The van der Waals surface area contributed by atoms with Crippen molar-refractivity contribution < 1.29 is 18.6 Å². The molecule has 8 nitrogen and oxygen atoms in total. The van der Waals surface area contributed by atoms with Crippen LogP contribution >= 0.6 is 0 Å². The lowest BCUT2D eigenvalue weighted by molar-refractivity contribution is 0.264. The smallest absolute Gasteiger partial charge is 0.244 e. The Hall–Kier alpha value is -3.86. The average molecular weight is 378 g/mol. The number of ether oxygens (including phenoxy) is 3. The van der Waals surface area contributed by atoms with Crippen molar-refractivity contribution in [1.82, 2.24) is 10.2 Å². The highest BCUT2D eigenvalue weighted by Gasteiger charge is 2.36. The molecule has 0 unspecified atom stereocenters. The van der Waals surface area contributed by atoms with E-state index in [1.165, 1.54) is 0 Å². The van der Waals surface area contributed by atoms with Gasteiger partial charge in [-0.1, -0.05) is 0 Å². The Balaban J connectivity index is 1.58. The molecule has 142 valence electrons. The highest BCUT2D eigenvalue weighted by Crippen LogP contribution is 2.43. The molecule has 0 bridgehead atoms.